The van der Waals surface area contributed by atoms with E-state index in [0.717, 1.165) is 19.3 Å². The molecule has 0 N–H and O–H groups in total. The molecule has 0 bridgehead atoms. The first-order chi connectivity index (χ1) is 9.58. The summed E-state index contributed by atoms with van der Waals surface area (Å²) in [4.78, 5) is 38.5. The minimum Gasteiger partial charge on any atom is -0.465 e. The van der Waals surface area contributed by atoms with Crippen LogP contribution >= 0.6 is 0 Å². The number of ether oxygens (including phenoxy) is 1. The van der Waals surface area contributed by atoms with Crippen LogP contribution in [0.2, 0.25) is 0 Å². The van der Waals surface area contributed by atoms with E-state index in [1.165, 1.54) is 4.90 Å². The Hall–Kier alpha value is -1.59. The Kier molecular flexibility index (Phi) is 7.04. The van der Waals surface area contributed by atoms with Gasteiger partial charge in [-0.05, 0) is 26.7 Å². The molecule has 1 saturated heterocycles. The molecule has 0 spiro atoms. The molecule has 1 aliphatic heterocycles. The van der Waals surface area contributed by atoms with Crippen molar-refractivity contribution < 1.29 is 19.1 Å². The summed E-state index contributed by atoms with van der Waals surface area (Å²) in [5.74, 6) is -0.580. The highest BCUT2D eigenvalue weighted by molar-refractivity contribution is 5.87. The average molecular weight is 284 g/mol. The van der Waals surface area contributed by atoms with Crippen LogP contribution in [0.25, 0.3) is 0 Å². The Morgan fingerprint density at radius 3 is 2.65 bits per heavy atom. The molecule has 0 saturated carbocycles. The van der Waals surface area contributed by atoms with E-state index >= 15 is 0 Å². The second-order valence-corrected chi connectivity index (χ2v) is 4.84. The molecule has 0 aromatic carbocycles. The Morgan fingerprint density at radius 2 is 2.00 bits per heavy atom. The molecular formula is C14H24N2O4. The lowest BCUT2D eigenvalue weighted by molar-refractivity contribution is -0.149. The van der Waals surface area contributed by atoms with Gasteiger partial charge in [-0.15, -0.1) is 0 Å². The maximum absolute atomic E-state index is 12.2. The number of esters is 1. The SMILES string of the molecule is CCOC(=O)CN(CC)C(=O)CN1CCCCCC1=O. The maximum atomic E-state index is 12.2. The lowest BCUT2D eigenvalue weighted by Gasteiger charge is -2.25. The fourth-order valence-corrected chi connectivity index (χ4v) is 2.21. The van der Waals surface area contributed by atoms with Crippen molar-refractivity contribution in [1.82, 2.24) is 9.80 Å². The van der Waals surface area contributed by atoms with Crippen LogP contribution in [0, 0.1) is 0 Å². The Morgan fingerprint density at radius 1 is 1.25 bits per heavy atom. The number of hydrogen-bond acceptors (Lipinski definition) is 4. The molecule has 2 amide bonds. The molecule has 0 aromatic rings. The van der Waals surface area contributed by atoms with Crippen molar-refractivity contribution in [3.05, 3.63) is 0 Å². The zero-order valence-corrected chi connectivity index (χ0v) is 12.4. The number of carbonyl (C=O) groups excluding carboxylic acids is 3. The molecule has 6 heteroatoms. The summed E-state index contributed by atoms with van der Waals surface area (Å²) in [6, 6.07) is 0. The average Bonchev–Trinajstić information content (AvgIpc) is 2.61. The molecule has 20 heavy (non-hydrogen) atoms. The molecule has 0 atom stereocenters. The van der Waals surface area contributed by atoms with Crippen molar-refractivity contribution in [2.45, 2.75) is 39.5 Å². The van der Waals surface area contributed by atoms with Crippen molar-refractivity contribution in [2.75, 3.05) is 32.8 Å². The van der Waals surface area contributed by atoms with E-state index in [0.29, 0.717) is 26.1 Å². The van der Waals surface area contributed by atoms with Crippen LogP contribution in [0.4, 0.5) is 0 Å². The van der Waals surface area contributed by atoms with E-state index in [9.17, 15) is 14.4 Å². The molecule has 1 fully saturated rings. The molecule has 0 radical (unpaired) electrons. The second-order valence-electron chi connectivity index (χ2n) is 4.84. The third-order valence-corrected chi connectivity index (χ3v) is 3.36. The predicted octanol–water partition coefficient (Wildman–Crippen LogP) is 0.801. The number of carbonyl (C=O) groups is 3. The van der Waals surface area contributed by atoms with Crippen molar-refractivity contribution in [3.63, 3.8) is 0 Å². The first kappa shape index (κ1) is 16.5. The summed E-state index contributed by atoms with van der Waals surface area (Å²) in [5.41, 5.74) is 0. The lowest BCUT2D eigenvalue weighted by atomic mass is 10.2. The summed E-state index contributed by atoms with van der Waals surface area (Å²) < 4.78 is 4.84. The van der Waals surface area contributed by atoms with Gasteiger partial charge in [-0.1, -0.05) is 6.42 Å². The summed E-state index contributed by atoms with van der Waals surface area (Å²) in [7, 11) is 0. The third-order valence-electron chi connectivity index (χ3n) is 3.36. The second kappa shape index (κ2) is 8.55. The quantitative estimate of drug-likeness (QED) is 0.677. The number of hydrogen-bond donors (Lipinski definition) is 0. The predicted molar refractivity (Wildman–Crippen MR) is 73.9 cm³/mol. The number of likely N-dealkylation sites (N-methyl/N-ethyl adjacent to an activating group) is 1. The van der Waals surface area contributed by atoms with E-state index < -0.39 is 5.97 Å². The van der Waals surface area contributed by atoms with Gasteiger partial charge in [0.2, 0.25) is 11.8 Å². The van der Waals surface area contributed by atoms with E-state index in [2.05, 4.69) is 0 Å². The normalized spacial score (nSPS) is 15.7. The monoisotopic (exact) mass is 284 g/mol. The minimum absolute atomic E-state index is 0.0306. The molecule has 0 aromatic heterocycles. The number of rotatable bonds is 6. The van der Waals surface area contributed by atoms with Crippen LogP contribution in [0.3, 0.4) is 0 Å². The molecule has 1 heterocycles. The largest absolute Gasteiger partial charge is 0.465 e. The highest BCUT2D eigenvalue weighted by Crippen LogP contribution is 2.11. The van der Waals surface area contributed by atoms with Crippen LogP contribution in [-0.4, -0.2) is 60.4 Å². The molecule has 1 aliphatic rings. The van der Waals surface area contributed by atoms with E-state index in [1.54, 1.807) is 18.7 Å². The van der Waals surface area contributed by atoms with Crippen LogP contribution in [0.1, 0.15) is 39.5 Å². The van der Waals surface area contributed by atoms with Gasteiger partial charge in [0.25, 0.3) is 0 Å². The fourth-order valence-electron chi connectivity index (χ4n) is 2.21. The molecule has 1 rings (SSSR count). The standard InChI is InChI=1S/C14H24N2O4/c1-3-15(11-14(19)20-4-2)13(18)10-16-9-7-5-6-8-12(16)17/h3-11H2,1-2H3. The molecular weight excluding hydrogens is 260 g/mol. The van der Waals surface area contributed by atoms with Gasteiger partial charge < -0.3 is 14.5 Å². The Bertz CT molecular complexity index is 357. The fraction of sp³-hybridized carbons (Fsp3) is 0.786. The first-order valence-corrected chi connectivity index (χ1v) is 7.29. The summed E-state index contributed by atoms with van der Waals surface area (Å²) in [5, 5.41) is 0. The van der Waals surface area contributed by atoms with Gasteiger partial charge in [0.05, 0.1) is 13.2 Å². The summed E-state index contributed by atoms with van der Waals surface area (Å²) in [6.45, 7) is 4.90. The van der Waals surface area contributed by atoms with Crippen LogP contribution in [-0.2, 0) is 19.1 Å². The van der Waals surface area contributed by atoms with Gasteiger partial charge in [0.15, 0.2) is 0 Å². The van der Waals surface area contributed by atoms with Crippen molar-refractivity contribution >= 4 is 17.8 Å². The maximum Gasteiger partial charge on any atom is 0.325 e. The van der Waals surface area contributed by atoms with Gasteiger partial charge in [-0.25, -0.2) is 0 Å². The van der Waals surface area contributed by atoms with E-state index in [1.807, 2.05) is 0 Å². The Balaban J connectivity index is 2.53. The van der Waals surface area contributed by atoms with Crippen LogP contribution in [0.15, 0.2) is 0 Å². The van der Waals surface area contributed by atoms with E-state index in [4.69, 9.17) is 4.74 Å². The van der Waals surface area contributed by atoms with Gasteiger partial charge in [0.1, 0.15) is 6.54 Å². The molecule has 0 aliphatic carbocycles. The van der Waals surface area contributed by atoms with Crippen LogP contribution in [0.5, 0.6) is 0 Å². The number of amides is 2. The van der Waals surface area contributed by atoms with Gasteiger partial charge >= 0.3 is 5.97 Å². The highest BCUT2D eigenvalue weighted by atomic mass is 16.5. The first-order valence-electron chi connectivity index (χ1n) is 7.29. The highest BCUT2D eigenvalue weighted by Gasteiger charge is 2.23. The zero-order valence-electron chi connectivity index (χ0n) is 12.4. The van der Waals surface area contributed by atoms with Gasteiger partial charge in [-0.3, -0.25) is 14.4 Å². The molecule has 6 nitrogen and oxygen atoms in total. The topological polar surface area (TPSA) is 66.9 Å². The molecule has 114 valence electrons. The smallest absolute Gasteiger partial charge is 0.325 e. The van der Waals surface area contributed by atoms with Crippen LogP contribution < -0.4 is 0 Å². The van der Waals surface area contributed by atoms with Gasteiger partial charge in [0, 0.05) is 19.5 Å². The van der Waals surface area contributed by atoms with Crippen molar-refractivity contribution in [1.29, 1.82) is 0 Å². The summed E-state index contributed by atoms with van der Waals surface area (Å²) >= 11 is 0. The minimum atomic E-state index is -0.412. The summed E-state index contributed by atoms with van der Waals surface area (Å²) in [6.07, 6.45) is 3.36. The Labute approximate surface area is 120 Å². The van der Waals surface area contributed by atoms with E-state index in [-0.39, 0.29) is 24.9 Å². The number of likely N-dealkylation sites (tertiary alicyclic amines) is 1. The lowest BCUT2D eigenvalue weighted by Crippen LogP contribution is -2.44. The zero-order chi connectivity index (χ0) is 15.0. The number of nitrogens with zero attached hydrogens (tertiary/aromatic N) is 2. The van der Waals surface area contributed by atoms with Crippen molar-refractivity contribution in [2.24, 2.45) is 0 Å². The third kappa shape index (κ3) is 5.19. The molecule has 0 unspecified atom stereocenters. The van der Waals surface area contributed by atoms with Gasteiger partial charge in [-0.2, -0.15) is 0 Å². The van der Waals surface area contributed by atoms with Crippen molar-refractivity contribution in [3.8, 4) is 0 Å².